The van der Waals surface area contributed by atoms with Crippen molar-refractivity contribution < 1.29 is 4.79 Å². The van der Waals surface area contributed by atoms with E-state index in [-0.39, 0.29) is 11.5 Å². The molecule has 0 radical (unpaired) electrons. The summed E-state index contributed by atoms with van der Waals surface area (Å²) in [6.45, 7) is 1.76. The highest BCUT2D eigenvalue weighted by Gasteiger charge is 2.35. The Bertz CT molecular complexity index is 1260. The molecule has 1 amide bonds. The van der Waals surface area contributed by atoms with E-state index in [4.69, 9.17) is 11.6 Å². The summed E-state index contributed by atoms with van der Waals surface area (Å²) < 4.78 is 1.46. The molecule has 1 saturated carbocycles. The smallest absolute Gasteiger partial charge is 0.266 e. The first-order valence-corrected chi connectivity index (χ1v) is 11.9. The Labute approximate surface area is 195 Å². The van der Waals surface area contributed by atoms with E-state index in [9.17, 15) is 14.9 Å². The normalized spacial score (nSPS) is 16.3. The molecule has 0 bridgehead atoms. The molecular formula is C24H23ClN4O2S. The molecule has 6 nitrogen and oxygen atoms in total. The molecule has 8 heteroatoms. The minimum atomic E-state index is -0.816. The molecule has 4 rings (SSSR count). The number of benzene rings is 2. The highest BCUT2D eigenvalue weighted by Crippen LogP contribution is 2.31. The lowest BCUT2D eigenvalue weighted by molar-refractivity contribution is -0.121. The van der Waals surface area contributed by atoms with E-state index < -0.39 is 10.8 Å². The zero-order chi connectivity index (χ0) is 22.7. The van der Waals surface area contributed by atoms with Crippen LogP contribution < -0.4 is 10.9 Å². The van der Waals surface area contributed by atoms with Gasteiger partial charge in [0.2, 0.25) is 5.91 Å². The van der Waals surface area contributed by atoms with E-state index in [2.05, 4.69) is 16.4 Å². The number of fused-ring (bicyclic) bond motifs is 1. The second-order valence-corrected chi connectivity index (χ2v) is 9.72. The molecule has 1 heterocycles. The summed E-state index contributed by atoms with van der Waals surface area (Å²) >= 11 is 7.59. The van der Waals surface area contributed by atoms with Crippen molar-refractivity contribution in [2.45, 2.75) is 55.0 Å². The first-order valence-electron chi connectivity index (χ1n) is 10.6. The third-order valence-corrected chi connectivity index (χ3v) is 7.15. The van der Waals surface area contributed by atoms with Gasteiger partial charge < -0.3 is 5.32 Å². The molecule has 1 atom stereocenters. The van der Waals surface area contributed by atoms with Crippen LogP contribution in [0.3, 0.4) is 0 Å². The Hall–Kier alpha value is -2.82. The van der Waals surface area contributed by atoms with Gasteiger partial charge in [0.25, 0.3) is 5.56 Å². The van der Waals surface area contributed by atoms with Crippen molar-refractivity contribution in [2.75, 3.05) is 0 Å². The van der Waals surface area contributed by atoms with Gasteiger partial charge in [0, 0.05) is 0 Å². The van der Waals surface area contributed by atoms with Gasteiger partial charge in [-0.15, -0.1) is 0 Å². The Balaban J connectivity index is 1.71. The standard InChI is InChI=1S/C24H23ClN4O2S/c1-16(21(30)28-24(15-26)13-7-2-8-14-24)32-23-27-19-11-5-3-9-17(19)22(31)29(23)20-12-6-4-10-18(20)25/h3-6,9-12,16H,2,7-8,13-14H2,1H3,(H,28,30)/t16-/m1/s1. The van der Waals surface area contributed by atoms with Gasteiger partial charge in [0.15, 0.2) is 5.16 Å². The van der Waals surface area contributed by atoms with E-state index in [1.165, 1.54) is 16.3 Å². The molecule has 2 aromatic carbocycles. The van der Waals surface area contributed by atoms with Crippen molar-refractivity contribution in [1.82, 2.24) is 14.9 Å². The maximum atomic E-state index is 13.4. The Kier molecular flexibility index (Phi) is 6.54. The monoisotopic (exact) mass is 466 g/mol. The van der Waals surface area contributed by atoms with Crippen LogP contribution in [0.5, 0.6) is 0 Å². The van der Waals surface area contributed by atoms with Gasteiger partial charge in [0.1, 0.15) is 5.54 Å². The lowest BCUT2D eigenvalue weighted by Gasteiger charge is -2.32. The van der Waals surface area contributed by atoms with Gasteiger partial charge in [-0.3, -0.25) is 14.2 Å². The van der Waals surface area contributed by atoms with E-state index in [0.717, 1.165) is 19.3 Å². The number of nitriles is 1. The van der Waals surface area contributed by atoms with Crippen LogP contribution >= 0.6 is 23.4 Å². The fourth-order valence-corrected chi connectivity index (χ4v) is 5.15. The maximum absolute atomic E-state index is 13.4. The van der Waals surface area contributed by atoms with Crippen LogP contribution in [-0.2, 0) is 4.79 Å². The van der Waals surface area contributed by atoms with E-state index in [1.54, 1.807) is 49.4 Å². The molecule has 1 aliphatic rings. The minimum absolute atomic E-state index is 0.244. The molecular weight excluding hydrogens is 444 g/mol. The lowest BCUT2D eigenvalue weighted by Crippen LogP contribution is -2.51. The minimum Gasteiger partial charge on any atom is -0.337 e. The number of halogens is 1. The number of carbonyl (C=O) groups is 1. The van der Waals surface area contributed by atoms with Crippen LogP contribution in [0.1, 0.15) is 39.0 Å². The topological polar surface area (TPSA) is 87.8 Å². The summed E-state index contributed by atoms with van der Waals surface area (Å²) in [7, 11) is 0. The second-order valence-electron chi connectivity index (χ2n) is 8.01. The highest BCUT2D eigenvalue weighted by atomic mass is 35.5. The molecule has 1 aromatic heterocycles. The number of rotatable bonds is 5. The number of thioether (sulfide) groups is 1. The van der Waals surface area contributed by atoms with Crippen molar-refractivity contribution in [2.24, 2.45) is 0 Å². The van der Waals surface area contributed by atoms with Crippen molar-refractivity contribution in [1.29, 1.82) is 5.26 Å². The van der Waals surface area contributed by atoms with Crippen molar-refractivity contribution in [3.63, 3.8) is 0 Å². The van der Waals surface area contributed by atoms with Gasteiger partial charge in [0.05, 0.1) is 32.9 Å². The van der Waals surface area contributed by atoms with Crippen LogP contribution in [0, 0.1) is 11.3 Å². The van der Waals surface area contributed by atoms with Gasteiger partial charge in [-0.1, -0.05) is 66.9 Å². The Morgan fingerprint density at radius 1 is 1.19 bits per heavy atom. The van der Waals surface area contributed by atoms with E-state index in [0.29, 0.717) is 39.6 Å². The van der Waals surface area contributed by atoms with Crippen LogP contribution in [0.25, 0.3) is 16.6 Å². The second kappa shape index (κ2) is 9.35. The van der Waals surface area contributed by atoms with Crippen LogP contribution in [0.15, 0.2) is 58.5 Å². The van der Waals surface area contributed by atoms with Gasteiger partial charge >= 0.3 is 0 Å². The number of nitrogens with zero attached hydrogens (tertiary/aromatic N) is 3. The van der Waals surface area contributed by atoms with Crippen molar-refractivity contribution in [3.05, 3.63) is 63.9 Å². The maximum Gasteiger partial charge on any atom is 0.266 e. The number of hydrogen-bond donors (Lipinski definition) is 1. The largest absolute Gasteiger partial charge is 0.337 e. The Morgan fingerprint density at radius 3 is 2.59 bits per heavy atom. The zero-order valence-electron chi connectivity index (χ0n) is 17.7. The predicted molar refractivity (Wildman–Crippen MR) is 127 cm³/mol. The number of aromatic nitrogens is 2. The van der Waals surface area contributed by atoms with E-state index in [1.807, 2.05) is 6.07 Å². The van der Waals surface area contributed by atoms with E-state index >= 15 is 0 Å². The summed E-state index contributed by atoms with van der Waals surface area (Å²) in [6, 6.07) is 16.5. The number of para-hydroxylation sites is 2. The molecule has 0 saturated heterocycles. The highest BCUT2D eigenvalue weighted by molar-refractivity contribution is 8.00. The fraction of sp³-hybridized carbons (Fsp3) is 0.333. The number of carbonyl (C=O) groups excluding carboxylic acids is 1. The predicted octanol–water partition coefficient (Wildman–Crippen LogP) is 4.86. The first kappa shape index (κ1) is 22.4. The molecule has 1 fully saturated rings. The van der Waals surface area contributed by atoms with Crippen LogP contribution in [-0.4, -0.2) is 26.2 Å². The molecule has 0 aliphatic heterocycles. The van der Waals surface area contributed by atoms with Crippen LogP contribution in [0.4, 0.5) is 0 Å². The first-order chi connectivity index (χ1) is 15.4. The third kappa shape index (κ3) is 4.38. The summed E-state index contributed by atoms with van der Waals surface area (Å²) in [6.07, 6.45) is 4.24. The molecule has 32 heavy (non-hydrogen) atoms. The SMILES string of the molecule is C[C@@H](Sc1nc2ccccc2c(=O)n1-c1ccccc1Cl)C(=O)NC1(C#N)CCCCC1. The summed E-state index contributed by atoms with van der Waals surface area (Å²) in [4.78, 5) is 31.1. The zero-order valence-corrected chi connectivity index (χ0v) is 19.2. The average Bonchev–Trinajstić information content (AvgIpc) is 2.81. The van der Waals surface area contributed by atoms with Gasteiger partial charge in [-0.2, -0.15) is 5.26 Å². The van der Waals surface area contributed by atoms with Crippen molar-refractivity contribution in [3.8, 4) is 11.8 Å². The lowest BCUT2D eigenvalue weighted by atomic mass is 9.83. The van der Waals surface area contributed by atoms with Gasteiger partial charge in [-0.05, 0) is 44.0 Å². The fourth-order valence-electron chi connectivity index (χ4n) is 4.01. The number of amides is 1. The number of hydrogen-bond acceptors (Lipinski definition) is 5. The Morgan fingerprint density at radius 2 is 1.88 bits per heavy atom. The quantitative estimate of drug-likeness (QED) is 0.428. The third-order valence-electron chi connectivity index (χ3n) is 5.77. The summed E-state index contributed by atoms with van der Waals surface area (Å²) in [5.41, 5.74) is -0.00631. The molecule has 0 unspecified atom stereocenters. The molecule has 3 aromatic rings. The summed E-state index contributed by atoms with van der Waals surface area (Å²) in [5.74, 6) is -0.244. The van der Waals surface area contributed by atoms with Gasteiger partial charge in [-0.25, -0.2) is 4.98 Å². The molecule has 164 valence electrons. The molecule has 1 N–H and O–H groups in total. The average molecular weight is 467 g/mol. The summed E-state index contributed by atoms with van der Waals surface area (Å²) in [5, 5.41) is 13.4. The van der Waals surface area contributed by atoms with Crippen LogP contribution in [0.2, 0.25) is 5.02 Å². The molecule has 1 aliphatic carbocycles. The number of nitrogens with one attached hydrogen (secondary N) is 1. The molecule has 0 spiro atoms. The van der Waals surface area contributed by atoms with Crippen molar-refractivity contribution >= 4 is 40.2 Å².